The van der Waals surface area contributed by atoms with Crippen molar-refractivity contribution < 1.29 is 0 Å². The molecule has 0 saturated heterocycles. The predicted molar refractivity (Wildman–Crippen MR) is 83.3 cm³/mol. The van der Waals surface area contributed by atoms with Gasteiger partial charge in [0.15, 0.2) is 0 Å². The van der Waals surface area contributed by atoms with E-state index in [1.807, 2.05) is 6.20 Å². The van der Waals surface area contributed by atoms with Crippen LogP contribution in [0.2, 0.25) is 0 Å². The first kappa shape index (κ1) is 11.5. The second kappa shape index (κ2) is 4.17. The van der Waals surface area contributed by atoms with Gasteiger partial charge in [0.05, 0.1) is 11.0 Å². The number of nitrogens with zero attached hydrogens (tertiary/aromatic N) is 3. The van der Waals surface area contributed by atoms with Crippen LogP contribution in [0, 0.1) is 0 Å². The predicted octanol–water partition coefficient (Wildman–Crippen LogP) is 3.92. The number of imidazole rings is 1. The second-order valence-corrected chi connectivity index (χ2v) is 6.23. The topological polar surface area (TPSA) is 30.7 Å². The molecule has 0 atom stereocenters. The molecule has 0 radical (unpaired) electrons. The minimum absolute atomic E-state index is 0.722. The van der Waals surface area contributed by atoms with E-state index in [1.54, 1.807) is 0 Å². The van der Waals surface area contributed by atoms with Crippen LogP contribution in [0.1, 0.15) is 36.7 Å². The number of hydrogen-bond donors (Lipinski definition) is 0. The molecule has 1 aliphatic heterocycles. The fourth-order valence-electron chi connectivity index (χ4n) is 3.38. The van der Waals surface area contributed by atoms with E-state index in [1.165, 1.54) is 47.4 Å². The summed E-state index contributed by atoms with van der Waals surface area (Å²) in [5.41, 5.74) is 6.09. The third-order valence-electron chi connectivity index (χ3n) is 4.72. The highest BCUT2D eigenvalue weighted by molar-refractivity contribution is 5.82. The lowest BCUT2D eigenvalue weighted by Crippen LogP contribution is -1.92. The summed E-state index contributed by atoms with van der Waals surface area (Å²) in [7, 11) is 0. The fraction of sp³-hybridized carbons (Fsp3) is 0.333. The van der Waals surface area contributed by atoms with Gasteiger partial charge in [0, 0.05) is 36.3 Å². The van der Waals surface area contributed by atoms with Gasteiger partial charge in [0.25, 0.3) is 0 Å². The number of fused-ring (bicyclic) bond motifs is 3. The summed E-state index contributed by atoms with van der Waals surface area (Å²) in [5.74, 6) is 1.96. The van der Waals surface area contributed by atoms with Crippen LogP contribution in [0.3, 0.4) is 0 Å². The zero-order valence-electron chi connectivity index (χ0n) is 11.9. The van der Waals surface area contributed by atoms with Gasteiger partial charge in [-0.3, -0.25) is 4.98 Å². The van der Waals surface area contributed by atoms with Gasteiger partial charge >= 0.3 is 0 Å². The van der Waals surface area contributed by atoms with Crippen molar-refractivity contribution in [3.05, 3.63) is 48.0 Å². The molecule has 0 unspecified atom stereocenters. The van der Waals surface area contributed by atoms with E-state index in [0.29, 0.717) is 0 Å². The summed E-state index contributed by atoms with van der Waals surface area (Å²) >= 11 is 0. The van der Waals surface area contributed by atoms with Crippen LogP contribution in [0.5, 0.6) is 0 Å². The van der Waals surface area contributed by atoms with Crippen LogP contribution >= 0.6 is 0 Å². The Kier molecular flexibility index (Phi) is 2.28. The molecule has 2 aliphatic rings. The van der Waals surface area contributed by atoms with Crippen LogP contribution < -0.4 is 0 Å². The van der Waals surface area contributed by atoms with E-state index in [9.17, 15) is 0 Å². The van der Waals surface area contributed by atoms with Crippen molar-refractivity contribution >= 4 is 11.0 Å². The SMILES string of the molecule is c1cc(C2CC2)ncc1-c1ccc2nc3n(c2c1)CCC3. The third kappa shape index (κ3) is 1.80. The number of rotatable bonds is 2. The van der Waals surface area contributed by atoms with Gasteiger partial charge in [0.1, 0.15) is 5.82 Å². The van der Waals surface area contributed by atoms with Crippen molar-refractivity contribution in [2.45, 2.75) is 38.1 Å². The molecule has 3 heterocycles. The number of aryl methyl sites for hydroxylation is 2. The van der Waals surface area contributed by atoms with Crippen molar-refractivity contribution in [1.29, 1.82) is 0 Å². The van der Waals surface area contributed by atoms with Gasteiger partial charge < -0.3 is 4.57 Å². The molecule has 1 saturated carbocycles. The van der Waals surface area contributed by atoms with Crippen LogP contribution in [0.15, 0.2) is 36.5 Å². The van der Waals surface area contributed by atoms with Gasteiger partial charge in [-0.15, -0.1) is 0 Å². The van der Waals surface area contributed by atoms with Gasteiger partial charge in [-0.05, 0) is 43.0 Å². The number of aromatic nitrogens is 3. The largest absolute Gasteiger partial charge is 0.328 e. The lowest BCUT2D eigenvalue weighted by atomic mass is 10.1. The molecule has 3 heteroatoms. The summed E-state index contributed by atoms with van der Waals surface area (Å²) in [4.78, 5) is 9.36. The van der Waals surface area contributed by atoms with E-state index in [2.05, 4.69) is 39.9 Å². The van der Waals surface area contributed by atoms with Crippen molar-refractivity contribution in [3.8, 4) is 11.1 Å². The lowest BCUT2D eigenvalue weighted by Gasteiger charge is -2.05. The molecular formula is C18H17N3. The Hall–Kier alpha value is -2.16. The maximum absolute atomic E-state index is 4.72. The molecule has 1 aromatic carbocycles. The summed E-state index contributed by atoms with van der Waals surface area (Å²) in [6, 6.07) is 11.0. The average molecular weight is 275 g/mol. The Labute approximate surface area is 123 Å². The number of benzene rings is 1. The minimum atomic E-state index is 0.722. The highest BCUT2D eigenvalue weighted by atomic mass is 15.1. The van der Waals surface area contributed by atoms with Crippen molar-refractivity contribution in [2.24, 2.45) is 0 Å². The Bertz CT molecular complexity index is 826. The summed E-state index contributed by atoms with van der Waals surface area (Å²) in [6.07, 6.45) is 6.97. The molecule has 0 N–H and O–H groups in total. The first-order valence-corrected chi connectivity index (χ1v) is 7.84. The Morgan fingerprint density at radius 1 is 1.05 bits per heavy atom. The molecule has 0 bridgehead atoms. The van der Waals surface area contributed by atoms with E-state index < -0.39 is 0 Å². The smallest absolute Gasteiger partial charge is 0.109 e. The van der Waals surface area contributed by atoms with Crippen molar-refractivity contribution in [1.82, 2.24) is 14.5 Å². The van der Waals surface area contributed by atoms with Gasteiger partial charge in [0.2, 0.25) is 0 Å². The Morgan fingerprint density at radius 3 is 2.76 bits per heavy atom. The molecular weight excluding hydrogens is 258 g/mol. The average Bonchev–Trinajstić information content (AvgIpc) is 3.17. The van der Waals surface area contributed by atoms with E-state index >= 15 is 0 Å². The summed E-state index contributed by atoms with van der Waals surface area (Å²) in [6.45, 7) is 1.11. The van der Waals surface area contributed by atoms with Crippen LogP contribution in [-0.4, -0.2) is 14.5 Å². The molecule has 21 heavy (non-hydrogen) atoms. The molecule has 2 aromatic heterocycles. The van der Waals surface area contributed by atoms with Gasteiger partial charge in [-0.1, -0.05) is 12.1 Å². The fourth-order valence-corrected chi connectivity index (χ4v) is 3.38. The molecule has 3 nitrogen and oxygen atoms in total. The maximum Gasteiger partial charge on any atom is 0.109 e. The number of hydrogen-bond acceptors (Lipinski definition) is 2. The van der Waals surface area contributed by atoms with E-state index in [4.69, 9.17) is 4.98 Å². The Balaban J connectivity index is 1.60. The monoisotopic (exact) mass is 275 g/mol. The standard InChI is InChI=1S/C18H17N3/c1-2-18-20-16-8-5-13(10-17(16)21(18)9-1)14-6-7-15(19-11-14)12-3-4-12/h5-8,10-12H,1-4,9H2. The second-order valence-electron chi connectivity index (χ2n) is 6.23. The summed E-state index contributed by atoms with van der Waals surface area (Å²) < 4.78 is 2.37. The molecule has 5 rings (SSSR count). The quantitative estimate of drug-likeness (QED) is 0.709. The molecule has 104 valence electrons. The van der Waals surface area contributed by atoms with Crippen LogP contribution in [-0.2, 0) is 13.0 Å². The van der Waals surface area contributed by atoms with Crippen LogP contribution in [0.4, 0.5) is 0 Å². The zero-order chi connectivity index (χ0) is 13.8. The van der Waals surface area contributed by atoms with Crippen molar-refractivity contribution in [3.63, 3.8) is 0 Å². The normalized spacial score (nSPS) is 17.3. The first-order valence-electron chi connectivity index (χ1n) is 7.84. The Morgan fingerprint density at radius 2 is 1.95 bits per heavy atom. The van der Waals surface area contributed by atoms with E-state index in [0.717, 1.165) is 24.4 Å². The molecule has 0 amide bonds. The zero-order valence-corrected chi connectivity index (χ0v) is 11.9. The minimum Gasteiger partial charge on any atom is -0.328 e. The lowest BCUT2D eigenvalue weighted by molar-refractivity contribution is 0.771. The van der Waals surface area contributed by atoms with E-state index in [-0.39, 0.29) is 0 Å². The maximum atomic E-state index is 4.72. The molecule has 0 spiro atoms. The number of pyridine rings is 1. The molecule has 1 aliphatic carbocycles. The highest BCUT2D eigenvalue weighted by Crippen LogP contribution is 2.39. The summed E-state index contributed by atoms with van der Waals surface area (Å²) in [5, 5.41) is 0. The first-order chi connectivity index (χ1) is 10.4. The highest BCUT2D eigenvalue weighted by Gasteiger charge is 2.24. The van der Waals surface area contributed by atoms with Crippen molar-refractivity contribution in [2.75, 3.05) is 0 Å². The van der Waals surface area contributed by atoms with Crippen LogP contribution in [0.25, 0.3) is 22.2 Å². The third-order valence-corrected chi connectivity index (χ3v) is 4.72. The molecule has 3 aromatic rings. The van der Waals surface area contributed by atoms with Gasteiger partial charge in [-0.2, -0.15) is 0 Å². The molecule has 1 fully saturated rings. The van der Waals surface area contributed by atoms with Gasteiger partial charge in [-0.25, -0.2) is 4.98 Å².